The molecule has 0 saturated carbocycles. The van der Waals surface area contributed by atoms with Crippen LogP contribution in [0.2, 0.25) is 0 Å². The number of hydrogen-bond donors (Lipinski definition) is 0. The maximum absolute atomic E-state index is 12.7. The van der Waals surface area contributed by atoms with E-state index in [-0.39, 0.29) is 11.9 Å². The first-order valence-electron chi connectivity index (χ1n) is 8.07. The van der Waals surface area contributed by atoms with E-state index in [0.717, 1.165) is 28.9 Å². The molecule has 0 aliphatic rings. The molecule has 0 unspecified atom stereocenters. The summed E-state index contributed by atoms with van der Waals surface area (Å²) in [5.41, 5.74) is 4.36. The van der Waals surface area contributed by atoms with E-state index in [4.69, 9.17) is 0 Å². The number of rotatable bonds is 6. The Morgan fingerprint density at radius 2 is 2.09 bits per heavy atom. The highest BCUT2D eigenvalue weighted by Crippen LogP contribution is 2.17. The van der Waals surface area contributed by atoms with Gasteiger partial charge in [0.05, 0.1) is 5.69 Å². The fraction of sp³-hybridized carbons (Fsp3) is 0.500. The van der Waals surface area contributed by atoms with E-state index in [2.05, 4.69) is 23.9 Å². The number of aryl methyl sites for hydroxylation is 3. The van der Waals surface area contributed by atoms with Gasteiger partial charge in [-0.15, -0.1) is 0 Å². The van der Waals surface area contributed by atoms with Crippen LogP contribution in [-0.4, -0.2) is 31.6 Å². The summed E-state index contributed by atoms with van der Waals surface area (Å²) in [6.45, 7) is 8.79. The van der Waals surface area contributed by atoms with Crippen LogP contribution in [-0.2, 0) is 24.8 Å². The molecular weight excluding hydrogens is 288 g/mol. The molecule has 124 valence electrons. The van der Waals surface area contributed by atoms with Crippen molar-refractivity contribution in [2.75, 3.05) is 0 Å². The first-order valence-corrected chi connectivity index (χ1v) is 8.07. The van der Waals surface area contributed by atoms with Crippen LogP contribution in [0, 0.1) is 13.8 Å². The Balaban J connectivity index is 2.07. The van der Waals surface area contributed by atoms with Gasteiger partial charge in [-0.1, -0.05) is 6.07 Å². The zero-order valence-electron chi connectivity index (χ0n) is 14.7. The molecule has 5 heteroatoms. The molecule has 0 atom stereocenters. The number of hydrogen-bond acceptors (Lipinski definition) is 3. The minimum atomic E-state index is 0.162. The highest BCUT2D eigenvalue weighted by molar-refractivity contribution is 5.76. The molecule has 0 radical (unpaired) electrons. The lowest BCUT2D eigenvalue weighted by atomic mass is 10.1. The molecule has 0 spiro atoms. The SMILES string of the molecule is Cc1nn(C)c(C)c1CN(C(=O)CCc1cccnc1)C(C)C. The van der Waals surface area contributed by atoms with E-state index in [1.165, 1.54) is 0 Å². The van der Waals surface area contributed by atoms with Crippen molar-refractivity contribution in [2.24, 2.45) is 7.05 Å². The van der Waals surface area contributed by atoms with Crippen LogP contribution in [0.1, 0.15) is 42.8 Å². The van der Waals surface area contributed by atoms with Crippen molar-refractivity contribution in [3.05, 3.63) is 47.0 Å². The summed E-state index contributed by atoms with van der Waals surface area (Å²) in [5.74, 6) is 0.173. The van der Waals surface area contributed by atoms with E-state index in [9.17, 15) is 4.79 Å². The fourth-order valence-electron chi connectivity index (χ4n) is 2.72. The van der Waals surface area contributed by atoms with Gasteiger partial charge >= 0.3 is 0 Å². The number of carbonyl (C=O) groups excluding carboxylic acids is 1. The second-order valence-electron chi connectivity index (χ2n) is 6.25. The lowest BCUT2D eigenvalue weighted by Crippen LogP contribution is -2.36. The van der Waals surface area contributed by atoms with Gasteiger partial charge in [0.2, 0.25) is 5.91 Å². The standard InChI is InChI=1S/C18H26N4O/c1-13(2)22(12-17-14(3)20-21(5)15(17)4)18(23)9-8-16-7-6-10-19-11-16/h6-7,10-11,13H,8-9,12H2,1-5H3. The summed E-state index contributed by atoms with van der Waals surface area (Å²) in [4.78, 5) is 18.7. The van der Waals surface area contributed by atoms with Gasteiger partial charge in [-0.25, -0.2) is 0 Å². The average molecular weight is 314 g/mol. The lowest BCUT2D eigenvalue weighted by molar-refractivity contribution is -0.133. The molecule has 0 aliphatic carbocycles. The quantitative estimate of drug-likeness (QED) is 0.824. The molecule has 0 N–H and O–H groups in total. The zero-order valence-corrected chi connectivity index (χ0v) is 14.7. The number of pyridine rings is 1. The Morgan fingerprint density at radius 3 is 2.61 bits per heavy atom. The summed E-state index contributed by atoms with van der Waals surface area (Å²) in [6.07, 6.45) is 4.80. The van der Waals surface area contributed by atoms with Crippen molar-refractivity contribution in [1.29, 1.82) is 0 Å². The summed E-state index contributed by atoms with van der Waals surface area (Å²) in [6, 6.07) is 4.08. The van der Waals surface area contributed by atoms with Gasteiger partial charge in [-0.3, -0.25) is 14.5 Å². The molecule has 5 nitrogen and oxygen atoms in total. The Kier molecular flexibility index (Phi) is 5.53. The molecule has 0 aliphatic heterocycles. The third-order valence-corrected chi connectivity index (χ3v) is 4.28. The van der Waals surface area contributed by atoms with Crippen molar-refractivity contribution in [3.63, 3.8) is 0 Å². The maximum Gasteiger partial charge on any atom is 0.223 e. The predicted molar refractivity (Wildman–Crippen MR) is 90.9 cm³/mol. The van der Waals surface area contributed by atoms with Crippen molar-refractivity contribution in [1.82, 2.24) is 19.7 Å². The summed E-state index contributed by atoms with van der Waals surface area (Å²) < 4.78 is 1.88. The third kappa shape index (κ3) is 4.18. The van der Waals surface area contributed by atoms with Gasteiger partial charge in [0.1, 0.15) is 0 Å². The summed E-state index contributed by atoms with van der Waals surface area (Å²) in [5, 5.41) is 4.45. The molecular formula is C18H26N4O. The van der Waals surface area contributed by atoms with Crippen molar-refractivity contribution >= 4 is 5.91 Å². The predicted octanol–water partition coefficient (Wildman–Crippen LogP) is 2.80. The molecule has 0 fully saturated rings. The summed E-state index contributed by atoms with van der Waals surface area (Å²) >= 11 is 0. The van der Waals surface area contributed by atoms with E-state index in [0.29, 0.717) is 13.0 Å². The van der Waals surface area contributed by atoms with Gasteiger partial charge in [0.25, 0.3) is 0 Å². The van der Waals surface area contributed by atoms with Crippen LogP contribution in [0.4, 0.5) is 0 Å². The van der Waals surface area contributed by atoms with Gasteiger partial charge in [-0.2, -0.15) is 5.10 Å². The van der Waals surface area contributed by atoms with Crippen molar-refractivity contribution < 1.29 is 4.79 Å². The van der Waals surface area contributed by atoms with Crippen molar-refractivity contribution in [2.45, 2.75) is 53.1 Å². The van der Waals surface area contributed by atoms with E-state index in [1.54, 1.807) is 6.20 Å². The molecule has 2 heterocycles. The highest BCUT2D eigenvalue weighted by atomic mass is 16.2. The average Bonchev–Trinajstić information content (AvgIpc) is 2.76. The van der Waals surface area contributed by atoms with Gasteiger partial charge < -0.3 is 4.90 Å². The second-order valence-corrected chi connectivity index (χ2v) is 6.25. The topological polar surface area (TPSA) is 51.0 Å². The Labute approximate surface area is 138 Å². The van der Waals surface area contributed by atoms with Gasteiger partial charge in [0.15, 0.2) is 0 Å². The largest absolute Gasteiger partial charge is 0.336 e. The number of amides is 1. The molecule has 1 amide bonds. The van der Waals surface area contributed by atoms with Gasteiger partial charge in [0, 0.05) is 49.7 Å². The van der Waals surface area contributed by atoms with Crippen LogP contribution in [0.3, 0.4) is 0 Å². The summed E-state index contributed by atoms with van der Waals surface area (Å²) in [7, 11) is 1.94. The molecule has 2 aromatic heterocycles. The van der Waals surface area contributed by atoms with Gasteiger partial charge in [-0.05, 0) is 45.7 Å². The van der Waals surface area contributed by atoms with Crippen LogP contribution in [0.25, 0.3) is 0 Å². The van der Waals surface area contributed by atoms with E-state index in [1.807, 2.05) is 48.8 Å². The first-order chi connectivity index (χ1) is 10.9. The Morgan fingerprint density at radius 1 is 1.35 bits per heavy atom. The van der Waals surface area contributed by atoms with Crippen LogP contribution >= 0.6 is 0 Å². The minimum Gasteiger partial charge on any atom is -0.336 e. The molecule has 0 saturated heterocycles. The fourth-order valence-corrected chi connectivity index (χ4v) is 2.72. The Bertz CT molecular complexity index is 661. The maximum atomic E-state index is 12.7. The second kappa shape index (κ2) is 7.40. The molecule has 0 aromatic carbocycles. The molecule has 0 bridgehead atoms. The minimum absolute atomic E-state index is 0.162. The zero-order chi connectivity index (χ0) is 17.0. The molecule has 2 rings (SSSR count). The van der Waals surface area contributed by atoms with E-state index < -0.39 is 0 Å². The first kappa shape index (κ1) is 17.2. The van der Waals surface area contributed by atoms with Crippen molar-refractivity contribution in [3.8, 4) is 0 Å². The lowest BCUT2D eigenvalue weighted by Gasteiger charge is -2.27. The van der Waals surface area contributed by atoms with Crippen LogP contribution in [0.15, 0.2) is 24.5 Å². The van der Waals surface area contributed by atoms with E-state index >= 15 is 0 Å². The normalized spacial score (nSPS) is 11.0. The Hall–Kier alpha value is -2.17. The van der Waals surface area contributed by atoms with Crippen LogP contribution < -0.4 is 0 Å². The number of aromatic nitrogens is 3. The highest BCUT2D eigenvalue weighted by Gasteiger charge is 2.20. The molecule has 23 heavy (non-hydrogen) atoms. The third-order valence-electron chi connectivity index (χ3n) is 4.28. The smallest absolute Gasteiger partial charge is 0.223 e. The number of carbonyl (C=O) groups is 1. The monoisotopic (exact) mass is 314 g/mol. The molecule has 2 aromatic rings. The van der Waals surface area contributed by atoms with Crippen LogP contribution in [0.5, 0.6) is 0 Å². The number of nitrogens with zero attached hydrogens (tertiary/aromatic N) is 4.